The highest BCUT2D eigenvalue weighted by Gasteiger charge is 1.97. The molecule has 0 fully saturated rings. The lowest BCUT2D eigenvalue weighted by atomic mass is 10.0. The minimum absolute atomic E-state index is 0.843. The van der Waals surface area contributed by atoms with E-state index in [1.54, 1.807) is 0 Å². The monoisotopic (exact) mass is 242 g/mol. The molecule has 0 radical (unpaired) electrons. The lowest BCUT2D eigenvalue weighted by Gasteiger charge is -2.09. The fourth-order valence-electron chi connectivity index (χ4n) is 1.84. The minimum Gasteiger partial charge on any atom is -0.315 e. The largest absolute Gasteiger partial charge is 0.315 e. The Balaban J connectivity index is 2.99. The van der Waals surface area contributed by atoms with Crippen molar-refractivity contribution < 1.29 is 0 Å². The Bertz CT molecular complexity index is 146. The summed E-state index contributed by atoms with van der Waals surface area (Å²) >= 11 is 0. The smallest absolute Gasteiger partial charge is 0.00767 e. The lowest BCUT2D eigenvalue weighted by Crippen LogP contribution is -2.28. The molecule has 0 spiro atoms. The highest BCUT2D eigenvalue weighted by atomic mass is 14.9. The molecule has 2 heteroatoms. The SMILES string of the molecule is CCC(C)CCCNCCNCCCC(C)C. The van der Waals surface area contributed by atoms with Gasteiger partial charge in [0.2, 0.25) is 0 Å². The molecule has 2 nitrogen and oxygen atoms in total. The molecule has 0 aromatic rings. The summed E-state index contributed by atoms with van der Waals surface area (Å²) in [7, 11) is 0. The van der Waals surface area contributed by atoms with Crippen molar-refractivity contribution in [3.63, 3.8) is 0 Å². The second-order valence-electron chi connectivity index (χ2n) is 5.69. The maximum atomic E-state index is 3.50. The summed E-state index contributed by atoms with van der Waals surface area (Å²) in [5, 5.41) is 6.99. The topological polar surface area (TPSA) is 24.1 Å². The van der Waals surface area contributed by atoms with Gasteiger partial charge in [-0.15, -0.1) is 0 Å². The normalized spacial score (nSPS) is 13.2. The number of hydrogen-bond acceptors (Lipinski definition) is 2. The fraction of sp³-hybridized carbons (Fsp3) is 1.00. The summed E-state index contributed by atoms with van der Waals surface area (Å²) in [6.07, 6.45) is 6.66. The molecule has 0 saturated carbocycles. The minimum atomic E-state index is 0.843. The van der Waals surface area contributed by atoms with Gasteiger partial charge in [0.15, 0.2) is 0 Å². The Hall–Kier alpha value is -0.0800. The number of hydrogen-bond donors (Lipinski definition) is 2. The molecule has 0 amide bonds. The Morgan fingerprint density at radius 2 is 1.29 bits per heavy atom. The van der Waals surface area contributed by atoms with E-state index in [-0.39, 0.29) is 0 Å². The fourth-order valence-corrected chi connectivity index (χ4v) is 1.84. The van der Waals surface area contributed by atoms with Gasteiger partial charge >= 0.3 is 0 Å². The molecular formula is C15H34N2. The van der Waals surface area contributed by atoms with Crippen molar-refractivity contribution in [2.24, 2.45) is 11.8 Å². The average molecular weight is 242 g/mol. The van der Waals surface area contributed by atoms with Crippen LogP contribution in [-0.4, -0.2) is 26.2 Å². The molecule has 0 aromatic carbocycles. The maximum Gasteiger partial charge on any atom is 0.00767 e. The van der Waals surface area contributed by atoms with Gasteiger partial charge in [0.1, 0.15) is 0 Å². The summed E-state index contributed by atoms with van der Waals surface area (Å²) in [6.45, 7) is 13.8. The van der Waals surface area contributed by atoms with Gasteiger partial charge in [-0.05, 0) is 50.6 Å². The molecule has 0 heterocycles. The number of nitrogens with one attached hydrogen (secondary N) is 2. The van der Waals surface area contributed by atoms with Crippen LogP contribution in [-0.2, 0) is 0 Å². The van der Waals surface area contributed by atoms with Gasteiger partial charge in [-0.25, -0.2) is 0 Å². The molecular weight excluding hydrogens is 208 g/mol. The van der Waals surface area contributed by atoms with Gasteiger partial charge in [-0.2, -0.15) is 0 Å². The molecule has 104 valence electrons. The van der Waals surface area contributed by atoms with Crippen LogP contribution in [0.2, 0.25) is 0 Å². The second kappa shape index (κ2) is 12.4. The molecule has 0 aliphatic rings. The van der Waals surface area contributed by atoms with Crippen LogP contribution in [0, 0.1) is 11.8 Å². The van der Waals surface area contributed by atoms with Crippen LogP contribution in [0.4, 0.5) is 0 Å². The predicted molar refractivity (Wildman–Crippen MR) is 78.5 cm³/mol. The number of rotatable bonds is 12. The molecule has 17 heavy (non-hydrogen) atoms. The van der Waals surface area contributed by atoms with Crippen molar-refractivity contribution >= 4 is 0 Å². The summed E-state index contributed by atoms with van der Waals surface area (Å²) in [5.74, 6) is 1.74. The third-order valence-electron chi connectivity index (χ3n) is 3.36. The first kappa shape index (κ1) is 16.9. The van der Waals surface area contributed by atoms with Crippen LogP contribution in [0.5, 0.6) is 0 Å². The van der Waals surface area contributed by atoms with Gasteiger partial charge in [-0.3, -0.25) is 0 Å². The van der Waals surface area contributed by atoms with Crippen LogP contribution in [0.1, 0.15) is 59.8 Å². The van der Waals surface area contributed by atoms with Gasteiger partial charge < -0.3 is 10.6 Å². The van der Waals surface area contributed by atoms with E-state index >= 15 is 0 Å². The predicted octanol–water partition coefficient (Wildman–Crippen LogP) is 3.43. The molecule has 2 N–H and O–H groups in total. The van der Waals surface area contributed by atoms with E-state index in [0.29, 0.717) is 0 Å². The van der Waals surface area contributed by atoms with Crippen LogP contribution in [0.25, 0.3) is 0 Å². The Kier molecular flexibility index (Phi) is 12.3. The third-order valence-corrected chi connectivity index (χ3v) is 3.36. The second-order valence-corrected chi connectivity index (χ2v) is 5.69. The first-order valence-corrected chi connectivity index (χ1v) is 7.58. The lowest BCUT2D eigenvalue weighted by molar-refractivity contribution is 0.476. The molecule has 0 aliphatic carbocycles. The molecule has 0 aromatic heterocycles. The zero-order chi connectivity index (χ0) is 12.9. The third kappa shape index (κ3) is 13.9. The zero-order valence-corrected chi connectivity index (χ0v) is 12.5. The summed E-state index contributed by atoms with van der Waals surface area (Å²) in [4.78, 5) is 0. The van der Waals surface area contributed by atoms with Crippen LogP contribution < -0.4 is 10.6 Å². The molecule has 0 saturated heterocycles. The molecule has 0 bridgehead atoms. The van der Waals surface area contributed by atoms with E-state index in [1.165, 1.54) is 45.2 Å². The summed E-state index contributed by atoms with van der Waals surface area (Å²) in [5.41, 5.74) is 0. The van der Waals surface area contributed by atoms with Crippen molar-refractivity contribution in [3.8, 4) is 0 Å². The molecule has 1 unspecified atom stereocenters. The van der Waals surface area contributed by atoms with E-state index in [1.807, 2.05) is 0 Å². The molecule has 1 atom stereocenters. The van der Waals surface area contributed by atoms with Crippen molar-refractivity contribution in [1.82, 2.24) is 10.6 Å². The van der Waals surface area contributed by atoms with Gasteiger partial charge in [0.25, 0.3) is 0 Å². The Morgan fingerprint density at radius 1 is 0.765 bits per heavy atom. The Morgan fingerprint density at radius 3 is 1.76 bits per heavy atom. The first-order chi connectivity index (χ1) is 8.16. The van der Waals surface area contributed by atoms with E-state index in [9.17, 15) is 0 Å². The maximum absolute atomic E-state index is 3.50. The van der Waals surface area contributed by atoms with Crippen LogP contribution >= 0.6 is 0 Å². The first-order valence-electron chi connectivity index (χ1n) is 7.58. The summed E-state index contributed by atoms with van der Waals surface area (Å²) in [6, 6.07) is 0. The van der Waals surface area contributed by atoms with E-state index in [2.05, 4.69) is 38.3 Å². The molecule has 0 aliphatic heterocycles. The zero-order valence-electron chi connectivity index (χ0n) is 12.5. The van der Waals surface area contributed by atoms with Crippen LogP contribution in [0.3, 0.4) is 0 Å². The van der Waals surface area contributed by atoms with Gasteiger partial charge in [0, 0.05) is 13.1 Å². The van der Waals surface area contributed by atoms with E-state index in [4.69, 9.17) is 0 Å². The standard InChI is InChI=1S/C15H34N2/c1-5-15(4)9-7-11-17-13-12-16-10-6-8-14(2)3/h14-17H,5-13H2,1-4H3. The highest BCUT2D eigenvalue weighted by molar-refractivity contribution is 4.56. The van der Waals surface area contributed by atoms with Crippen molar-refractivity contribution in [2.45, 2.75) is 59.8 Å². The van der Waals surface area contributed by atoms with E-state index in [0.717, 1.165) is 24.9 Å². The molecule has 0 rings (SSSR count). The quantitative estimate of drug-likeness (QED) is 0.512. The van der Waals surface area contributed by atoms with E-state index < -0.39 is 0 Å². The van der Waals surface area contributed by atoms with Crippen LogP contribution in [0.15, 0.2) is 0 Å². The van der Waals surface area contributed by atoms with Crippen molar-refractivity contribution in [1.29, 1.82) is 0 Å². The Labute approximate surface area is 109 Å². The highest BCUT2D eigenvalue weighted by Crippen LogP contribution is 2.07. The van der Waals surface area contributed by atoms with Gasteiger partial charge in [-0.1, -0.05) is 34.1 Å². The average Bonchev–Trinajstić information content (AvgIpc) is 2.30. The summed E-state index contributed by atoms with van der Waals surface area (Å²) < 4.78 is 0. The van der Waals surface area contributed by atoms with Gasteiger partial charge in [0.05, 0.1) is 0 Å². The van der Waals surface area contributed by atoms with Crippen molar-refractivity contribution in [3.05, 3.63) is 0 Å². The van der Waals surface area contributed by atoms with Crippen molar-refractivity contribution in [2.75, 3.05) is 26.2 Å².